The van der Waals surface area contributed by atoms with Gasteiger partial charge >= 0.3 is 0 Å². The minimum Gasteiger partial charge on any atom is -0.396 e. The van der Waals surface area contributed by atoms with Crippen LogP contribution in [0.5, 0.6) is 0 Å². The molecule has 1 rings (SSSR count). The molecule has 1 saturated heterocycles. The summed E-state index contributed by atoms with van der Waals surface area (Å²) >= 11 is 0. The third-order valence-electron chi connectivity index (χ3n) is 2.72. The van der Waals surface area contributed by atoms with E-state index in [1.54, 1.807) is 0 Å². The van der Waals surface area contributed by atoms with Crippen molar-refractivity contribution in [2.24, 2.45) is 5.92 Å². The predicted molar refractivity (Wildman–Crippen MR) is 61.7 cm³/mol. The highest BCUT2D eigenvalue weighted by Crippen LogP contribution is 2.15. The van der Waals surface area contributed by atoms with Crippen molar-refractivity contribution in [2.45, 2.75) is 25.7 Å². The quantitative estimate of drug-likeness (QED) is 0.600. The van der Waals surface area contributed by atoms with Crippen LogP contribution in [0.3, 0.4) is 0 Å². The topological polar surface area (TPSA) is 75.6 Å². The summed E-state index contributed by atoms with van der Waals surface area (Å²) in [6, 6.07) is 0. The third-order valence-corrected chi connectivity index (χ3v) is 4.19. The first kappa shape index (κ1) is 13.9. The summed E-state index contributed by atoms with van der Waals surface area (Å²) in [5, 5.41) is 8.55. The molecular weight excluding hydrogens is 230 g/mol. The van der Waals surface area contributed by atoms with E-state index >= 15 is 0 Å². The van der Waals surface area contributed by atoms with Gasteiger partial charge in [-0.1, -0.05) is 0 Å². The van der Waals surface area contributed by atoms with Crippen molar-refractivity contribution in [2.75, 3.05) is 32.1 Å². The van der Waals surface area contributed by atoms with Gasteiger partial charge in [0.1, 0.15) is 0 Å². The number of aliphatic hydroxyl groups excluding tert-OH is 1. The van der Waals surface area contributed by atoms with Gasteiger partial charge in [0.15, 0.2) is 0 Å². The molecule has 2 N–H and O–H groups in total. The van der Waals surface area contributed by atoms with Crippen LogP contribution in [-0.2, 0) is 14.8 Å². The SMILES string of the molecule is O=S(=O)(CCCCO)NCCC1CCOC1. The van der Waals surface area contributed by atoms with Gasteiger partial charge in [-0.05, 0) is 31.6 Å². The molecule has 0 amide bonds. The number of hydrogen-bond donors (Lipinski definition) is 2. The molecule has 96 valence electrons. The molecule has 0 aromatic rings. The van der Waals surface area contributed by atoms with Crippen LogP contribution in [0.1, 0.15) is 25.7 Å². The van der Waals surface area contributed by atoms with Crippen LogP contribution >= 0.6 is 0 Å². The summed E-state index contributed by atoms with van der Waals surface area (Å²) in [6.45, 7) is 2.10. The van der Waals surface area contributed by atoms with Crippen LogP contribution in [0.4, 0.5) is 0 Å². The van der Waals surface area contributed by atoms with Gasteiger partial charge in [-0.3, -0.25) is 0 Å². The maximum atomic E-state index is 11.5. The molecule has 1 unspecified atom stereocenters. The average molecular weight is 251 g/mol. The highest BCUT2D eigenvalue weighted by molar-refractivity contribution is 7.89. The normalized spacial score (nSPS) is 21.4. The van der Waals surface area contributed by atoms with E-state index in [0.29, 0.717) is 25.3 Å². The van der Waals surface area contributed by atoms with E-state index in [2.05, 4.69) is 4.72 Å². The molecule has 0 aliphatic carbocycles. The Kier molecular flexibility index (Phi) is 6.26. The van der Waals surface area contributed by atoms with Crippen LogP contribution in [-0.4, -0.2) is 45.6 Å². The first-order chi connectivity index (χ1) is 7.64. The summed E-state index contributed by atoms with van der Waals surface area (Å²) < 4.78 is 30.7. The summed E-state index contributed by atoms with van der Waals surface area (Å²) in [7, 11) is -3.15. The first-order valence-electron chi connectivity index (χ1n) is 5.80. The monoisotopic (exact) mass is 251 g/mol. The lowest BCUT2D eigenvalue weighted by Crippen LogP contribution is -2.28. The van der Waals surface area contributed by atoms with Gasteiger partial charge in [0.25, 0.3) is 0 Å². The van der Waals surface area contributed by atoms with Crippen LogP contribution in [0, 0.1) is 5.92 Å². The molecule has 16 heavy (non-hydrogen) atoms. The molecule has 0 bridgehead atoms. The van der Waals surface area contributed by atoms with Crippen molar-refractivity contribution in [1.82, 2.24) is 4.72 Å². The minimum atomic E-state index is -3.15. The second-order valence-electron chi connectivity index (χ2n) is 4.16. The molecule has 1 aliphatic rings. The number of unbranched alkanes of at least 4 members (excludes halogenated alkanes) is 1. The summed E-state index contributed by atoms with van der Waals surface area (Å²) in [5.74, 6) is 0.606. The number of hydrogen-bond acceptors (Lipinski definition) is 4. The van der Waals surface area contributed by atoms with Crippen LogP contribution in [0.2, 0.25) is 0 Å². The Balaban J connectivity index is 2.09. The van der Waals surface area contributed by atoms with Gasteiger partial charge in [0.2, 0.25) is 10.0 Å². The lowest BCUT2D eigenvalue weighted by molar-refractivity contribution is 0.184. The third kappa shape index (κ3) is 5.79. The Morgan fingerprint density at radius 2 is 2.19 bits per heavy atom. The van der Waals surface area contributed by atoms with Crippen LogP contribution in [0.25, 0.3) is 0 Å². The molecule has 1 atom stereocenters. The fourth-order valence-electron chi connectivity index (χ4n) is 1.71. The number of nitrogens with one attached hydrogen (secondary N) is 1. The predicted octanol–water partition coefficient (Wildman–Crippen LogP) is 0.105. The van der Waals surface area contributed by atoms with E-state index in [1.807, 2.05) is 0 Å². The lowest BCUT2D eigenvalue weighted by Gasteiger charge is -2.09. The molecule has 0 aromatic carbocycles. The van der Waals surface area contributed by atoms with Crippen LogP contribution in [0.15, 0.2) is 0 Å². The number of ether oxygens (including phenoxy) is 1. The van der Waals surface area contributed by atoms with Gasteiger partial charge in [0.05, 0.1) is 5.75 Å². The zero-order chi connectivity index (χ0) is 11.9. The van der Waals surface area contributed by atoms with E-state index in [9.17, 15) is 8.42 Å². The van der Waals surface area contributed by atoms with Gasteiger partial charge in [-0.15, -0.1) is 0 Å². The summed E-state index contributed by atoms with van der Waals surface area (Å²) in [4.78, 5) is 0. The molecule has 5 nitrogen and oxygen atoms in total. The smallest absolute Gasteiger partial charge is 0.211 e. The Hall–Kier alpha value is -0.170. The van der Waals surface area contributed by atoms with E-state index in [0.717, 1.165) is 26.1 Å². The number of sulfonamides is 1. The number of aliphatic hydroxyl groups is 1. The average Bonchev–Trinajstić information content (AvgIpc) is 2.70. The largest absolute Gasteiger partial charge is 0.396 e. The minimum absolute atomic E-state index is 0.0505. The number of rotatable bonds is 8. The Morgan fingerprint density at radius 1 is 1.38 bits per heavy atom. The lowest BCUT2D eigenvalue weighted by atomic mass is 10.1. The first-order valence-corrected chi connectivity index (χ1v) is 7.45. The molecular formula is C10H21NO4S. The van der Waals surface area contributed by atoms with Crippen molar-refractivity contribution < 1.29 is 18.3 Å². The molecule has 0 radical (unpaired) electrons. The zero-order valence-electron chi connectivity index (χ0n) is 9.52. The van der Waals surface area contributed by atoms with Gasteiger partial charge < -0.3 is 9.84 Å². The molecule has 1 fully saturated rings. The van der Waals surface area contributed by atoms with E-state index in [1.165, 1.54) is 0 Å². The van der Waals surface area contributed by atoms with E-state index in [4.69, 9.17) is 9.84 Å². The maximum Gasteiger partial charge on any atom is 0.211 e. The van der Waals surface area contributed by atoms with Crippen LogP contribution < -0.4 is 4.72 Å². The highest BCUT2D eigenvalue weighted by atomic mass is 32.2. The molecule has 1 aliphatic heterocycles. The second kappa shape index (κ2) is 7.21. The van der Waals surface area contributed by atoms with E-state index in [-0.39, 0.29) is 12.4 Å². The van der Waals surface area contributed by atoms with Crippen molar-refractivity contribution in [3.05, 3.63) is 0 Å². The molecule has 0 spiro atoms. The Bertz CT molecular complexity index is 273. The fourth-order valence-corrected chi connectivity index (χ4v) is 2.86. The van der Waals surface area contributed by atoms with Gasteiger partial charge in [-0.2, -0.15) is 0 Å². The second-order valence-corrected chi connectivity index (χ2v) is 6.09. The molecule has 6 heteroatoms. The Labute approximate surface area is 97.2 Å². The molecule has 0 aromatic heterocycles. The summed E-state index contributed by atoms with van der Waals surface area (Å²) in [6.07, 6.45) is 2.93. The van der Waals surface area contributed by atoms with Gasteiger partial charge in [-0.25, -0.2) is 13.1 Å². The van der Waals surface area contributed by atoms with Crippen molar-refractivity contribution in [3.63, 3.8) is 0 Å². The zero-order valence-corrected chi connectivity index (χ0v) is 10.3. The summed E-state index contributed by atoms with van der Waals surface area (Å²) in [5.41, 5.74) is 0. The van der Waals surface area contributed by atoms with Gasteiger partial charge in [0, 0.05) is 26.4 Å². The van der Waals surface area contributed by atoms with Crippen molar-refractivity contribution in [3.8, 4) is 0 Å². The maximum absolute atomic E-state index is 11.5. The van der Waals surface area contributed by atoms with E-state index < -0.39 is 10.0 Å². The Morgan fingerprint density at radius 3 is 2.81 bits per heavy atom. The molecule has 1 heterocycles. The highest BCUT2D eigenvalue weighted by Gasteiger charge is 2.16. The molecule has 0 saturated carbocycles. The standard InChI is InChI=1S/C10H21NO4S/c12-6-1-2-8-16(13,14)11-5-3-10-4-7-15-9-10/h10-12H,1-9H2. The van der Waals surface area contributed by atoms with Crippen molar-refractivity contribution >= 4 is 10.0 Å². The fraction of sp³-hybridized carbons (Fsp3) is 1.00. The van der Waals surface area contributed by atoms with Crippen molar-refractivity contribution in [1.29, 1.82) is 0 Å².